The van der Waals surface area contributed by atoms with Crippen LogP contribution in [0.2, 0.25) is 0 Å². The molecule has 3 amide bonds. The maximum absolute atomic E-state index is 12.6. The summed E-state index contributed by atoms with van der Waals surface area (Å²) in [6.07, 6.45) is 3.31. The summed E-state index contributed by atoms with van der Waals surface area (Å²) in [5.41, 5.74) is -0.755. The quantitative estimate of drug-likeness (QED) is 0.728. The third-order valence-electron chi connectivity index (χ3n) is 5.94. The summed E-state index contributed by atoms with van der Waals surface area (Å²) < 4.78 is 0. The number of imide groups is 1. The molecule has 4 heterocycles. The van der Waals surface area contributed by atoms with E-state index in [4.69, 9.17) is 0 Å². The van der Waals surface area contributed by atoms with Crippen LogP contribution in [-0.4, -0.2) is 76.3 Å². The molecule has 0 aliphatic carbocycles. The van der Waals surface area contributed by atoms with E-state index < -0.39 is 5.54 Å². The molecule has 9 nitrogen and oxygen atoms in total. The van der Waals surface area contributed by atoms with Crippen LogP contribution in [-0.2, 0) is 4.79 Å². The second-order valence-electron chi connectivity index (χ2n) is 8.39. The second kappa shape index (κ2) is 7.20. The molecule has 1 spiro atoms. The van der Waals surface area contributed by atoms with Crippen LogP contribution in [0.25, 0.3) is 0 Å². The van der Waals surface area contributed by atoms with Crippen LogP contribution in [0.3, 0.4) is 0 Å². The van der Waals surface area contributed by atoms with Crippen molar-refractivity contribution < 1.29 is 14.7 Å². The fraction of sp³-hybridized carbons (Fsp3) is 0.684. The van der Waals surface area contributed by atoms with E-state index in [2.05, 4.69) is 25.1 Å². The Morgan fingerprint density at radius 3 is 2.64 bits per heavy atom. The average Bonchev–Trinajstić information content (AvgIpc) is 3.20. The monoisotopic (exact) mass is 388 g/mol. The van der Waals surface area contributed by atoms with Crippen LogP contribution >= 0.6 is 0 Å². The van der Waals surface area contributed by atoms with Gasteiger partial charge in [-0.1, -0.05) is 13.8 Å². The Hall–Kier alpha value is -2.42. The van der Waals surface area contributed by atoms with Gasteiger partial charge in [0.05, 0.1) is 6.10 Å². The Morgan fingerprint density at radius 1 is 1.25 bits per heavy atom. The van der Waals surface area contributed by atoms with E-state index in [0.29, 0.717) is 50.9 Å². The first-order chi connectivity index (χ1) is 13.4. The Bertz CT molecular complexity index is 762. The van der Waals surface area contributed by atoms with Gasteiger partial charge in [-0.25, -0.2) is 9.78 Å². The van der Waals surface area contributed by atoms with Crippen molar-refractivity contribution >= 4 is 23.7 Å². The number of hydrogen-bond donors (Lipinski definition) is 2. The minimum atomic E-state index is -0.755. The Labute approximate surface area is 164 Å². The highest BCUT2D eigenvalue weighted by molar-refractivity contribution is 6.07. The third-order valence-corrected chi connectivity index (χ3v) is 5.94. The number of urea groups is 1. The number of hydrogen-bond acceptors (Lipinski definition) is 7. The molecule has 9 heteroatoms. The minimum absolute atomic E-state index is 0.182. The number of anilines is 2. The van der Waals surface area contributed by atoms with E-state index in [1.807, 2.05) is 19.9 Å². The number of carbonyl (C=O) groups excluding carboxylic acids is 2. The molecule has 0 bridgehead atoms. The van der Waals surface area contributed by atoms with Gasteiger partial charge < -0.3 is 19.8 Å². The Kier molecular flexibility index (Phi) is 4.86. The van der Waals surface area contributed by atoms with Gasteiger partial charge in [0.2, 0.25) is 5.95 Å². The molecule has 1 atom stereocenters. The van der Waals surface area contributed by atoms with Gasteiger partial charge in [-0.05, 0) is 31.2 Å². The molecule has 0 saturated carbocycles. The highest BCUT2D eigenvalue weighted by atomic mass is 16.3. The fourth-order valence-corrected chi connectivity index (χ4v) is 4.41. The molecule has 2 N–H and O–H groups in total. The lowest BCUT2D eigenvalue weighted by Gasteiger charge is -2.42. The zero-order chi connectivity index (χ0) is 19.9. The smallest absolute Gasteiger partial charge is 0.325 e. The number of nitrogens with one attached hydrogen (secondary N) is 1. The Morgan fingerprint density at radius 2 is 2.00 bits per heavy atom. The molecular weight excluding hydrogens is 360 g/mol. The molecule has 0 aromatic carbocycles. The summed E-state index contributed by atoms with van der Waals surface area (Å²) >= 11 is 0. The lowest BCUT2D eigenvalue weighted by atomic mass is 9.85. The predicted molar refractivity (Wildman–Crippen MR) is 104 cm³/mol. The van der Waals surface area contributed by atoms with Gasteiger partial charge in [-0.3, -0.25) is 10.1 Å². The van der Waals surface area contributed by atoms with Crippen molar-refractivity contribution in [2.24, 2.45) is 5.92 Å². The van der Waals surface area contributed by atoms with Crippen LogP contribution in [0.4, 0.5) is 16.6 Å². The van der Waals surface area contributed by atoms with Crippen molar-refractivity contribution in [2.75, 3.05) is 42.5 Å². The molecule has 3 fully saturated rings. The molecule has 0 radical (unpaired) electrons. The fourth-order valence-electron chi connectivity index (χ4n) is 4.41. The van der Waals surface area contributed by atoms with Crippen molar-refractivity contribution in [3.63, 3.8) is 0 Å². The van der Waals surface area contributed by atoms with Crippen molar-refractivity contribution in [2.45, 2.75) is 44.8 Å². The first-order valence-corrected chi connectivity index (χ1v) is 10.0. The number of nitrogens with zero attached hydrogens (tertiary/aromatic N) is 5. The number of carbonyl (C=O) groups is 2. The van der Waals surface area contributed by atoms with Gasteiger partial charge in [0.15, 0.2) is 0 Å². The molecule has 3 aliphatic rings. The highest BCUT2D eigenvalue weighted by Gasteiger charge is 2.54. The molecule has 1 aromatic heterocycles. The number of piperidine rings is 1. The van der Waals surface area contributed by atoms with E-state index in [0.717, 1.165) is 18.8 Å². The molecule has 152 valence electrons. The maximum Gasteiger partial charge on any atom is 0.325 e. The highest BCUT2D eigenvalue weighted by Crippen LogP contribution is 2.35. The first kappa shape index (κ1) is 18.9. The molecule has 4 rings (SSSR count). The van der Waals surface area contributed by atoms with Crippen molar-refractivity contribution in [3.8, 4) is 0 Å². The molecule has 1 aromatic rings. The largest absolute Gasteiger partial charge is 0.391 e. The van der Waals surface area contributed by atoms with Gasteiger partial charge in [0.1, 0.15) is 11.4 Å². The predicted octanol–water partition coefficient (Wildman–Crippen LogP) is 0.594. The summed E-state index contributed by atoms with van der Waals surface area (Å²) in [6.45, 7) is 7.27. The normalized spacial score (nSPS) is 24.6. The maximum atomic E-state index is 12.6. The van der Waals surface area contributed by atoms with E-state index >= 15 is 0 Å². The van der Waals surface area contributed by atoms with Gasteiger partial charge in [-0.15, -0.1) is 0 Å². The lowest BCUT2D eigenvalue weighted by Crippen LogP contribution is -2.57. The van der Waals surface area contributed by atoms with Crippen molar-refractivity contribution in [3.05, 3.63) is 12.3 Å². The number of rotatable bonds is 4. The number of amides is 3. The summed E-state index contributed by atoms with van der Waals surface area (Å²) in [5, 5.41) is 12.3. The second-order valence-corrected chi connectivity index (χ2v) is 8.39. The Balaban J connectivity index is 1.48. The molecule has 1 unspecified atom stereocenters. The van der Waals surface area contributed by atoms with Crippen LogP contribution in [0.1, 0.15) is 33.1 Å². The summed E-state index contributed by atoms with van der Waals surface area (Å²) in [5.74, 6) is 1.56. The number of aliphatic hydroxyl groups excluding tert-OH is 1. The molecule has 3 aliphatic heterocycles. The molecule has 3 saturated heterocycles. The van der Waals surface area contributed by atoms with Gasteiger partial charge in [-0.2, -0.15) is 4.98 Å². The molecule has 28 heavy (non-hydrogen) atoms. The van der Waals surface area contributed by atoms with Crippen LogP contribution < -0.4 is 15.1 Å². The van der Waals surface area contributed by atoms with E-state index in [-0.39, 0.29) is 18.0 Å². The summed E-state index contributed by atoms with van der Waals surface area (Å²) in [4.78, 5) is 39.8. The van der Waals surface area contributed by atoms with Crippen LogP contribution in [0.5, 0.6) is 0 Å². The zero-order valence-electron chi connectivity index (χ0n) is 16.5. The summed E-state index contributed by atoms with van der Waals surface area (Å²) in [7, 11) is 0. The lowest BCUT2D eigenvalue weighted by molar-refractivity contribution is -0.127. The topological polar surface area (TPSA) is 102 Å². The minimum Gasteiger partial charge on any atom is -0.391 e. The van der Waals surface area contributed by atoms with Crippen molar-refractivity contribution in [1.82, 2.24) is 20.2 Å². The van der Waals surface area contributed by atoms with Crippen LogP contribution in [0.15, 0.2) is 12.3 Å². The van der Waals surface area contributed by atoms with Crippen molar-refractivity contribution in [1.29, 1.82) is 0 Å². The SMILES string of the molecule is CC(C)CN1C(=O)NC(=O)C12CCN(c1nccc(N3CCC(O)C3)n1)CC2. The van der Waals surface area contributed by atoms with E-state index in [1.165, 1.54) is 0 Å². The van der Waals surface area contributed by atoms with E-state index in [9.17, 15) is 14.7 Å². The summed E-state index contributed by atoms with van der Waals surface area (Å²) in [6, 6.07) is 1.58. The van der Waals surface area contributed by atoms with Gasteiger partial charge in [0, 0.05) is 38.9 Å². The van der Waals surface area contributed by atoms with E-state index in [1.54, 1.807) is 11.1 Å². The third kappa shape index (κ3) is 3.28. The number of aromatic nitrogens is 2. The number of β-amino-alcohol motifs (C(OH)–C–C–N with tert-alkyl or cyclic N) is 1. The zero-order valence-corrected chi connectivity index (χ0v) is 16.5. The standard InChI is InChI=1S/C19H28N6O3/c1-13(2)11-25-18(28)22-16(27)19(25)5-9-23(10-6-19)17-20-7-3-15(21-17)24-8-4-14(26)12-24/h3,7,13-14,26H,4-6,8-12H2,1-2H3,(H,22,27,28). The first-order valence-electron chi connectivity index (χ1n) is 10.0. The van der Waals surface area contributed by atoms with Crippen LogP contribution in [0, 0.1) is 5.92 Å². The number of aliphatic hydroxyl groups is 1. The average molecular weight is 388 g/mol. The van der Waals surface area contributed by atoms with Gasteiger partial charge in [0.25, 0.3) is 5.91 Å². The van der Waals surface area contributed by atoms with Gasteiger partial charge >= 0.3 is 6.03 Å². The molecular formula is C19H28N6O3.